The Morgan fingerprint density at radius 1 is 0.778 bits per heavy atom. The molecule has 1 aromatic carbocycles. The number of aliphatic hydroxyl groups is 1. The number of halogens is 1. The summed E-state index contributed by atoms with van der Waals surface area (Å²) in [5.74, 6) is -2.14. The van der Waals surface area contributed by atoms with Crippen LogP contribution in [0.2, 0.25) is 0 Å². The Labute approximate surface area is 222 Å². The van der Waals surface area contributed by atoms with Gasteiger partial charge in [-0.15, -0.1) is 11.6 Å². The molecule has 0 aliphatic rings. The second-order valence-electron chi connectivity index (χ2n) is 8.73. The predicted octanol–water partition coefficient (Wildman–Crippen LogP) is 6.65. The summed E-state index contributed by atoms with van der Waals surface area (Å²) in [5.41, 5.74) is 1.23. The van der Waals surface area contributed by atoms with Gasteiger partial charge in [0.25, 0.3) is 0 Å². The van der Waals surface area contributed by atoms with E-state index in [1.54, 1.807) is 24.3 Å². The minimum Gasteiger partial charge on any atom is -0.468 e. The summed E-state index contributed by atoms with van der Waals surface area (Å²) in [4.78, 5) is 32.4. The first-order chi connectivity index (χ1) is 17.5. The fraction of sp³-hybridized carbons (Fsp3) is 0.679. The van der Waals surface area contributed by atoms with Crippen LogP contribution in [0.15, 0.2) is 24.3 Å². The number of benzene rings is 1. The lowest BCUT2D eigenvalue weighted by atomic mass is 10.0. The topological polar surface area (TPSA) is 102 Å². The average Bonchev–Trinajstić information content (AvgIpc) is 2.90. The molecule has 0 saturated carbocycles. The highest BCUT2D eigenvalue weighted by atomic mass is 35.5. The summed E-state index contributed by atoms with van der Waals surface area (Å²) in [6.45, 7) is 2.37. The van der Waals surface area contributed by atoms with Crippen LogP contribution in [-0.2, 0) is 19.1 Å². The fourth-order valence-electron chi connectivity index (χ4n) is 3.53. The van der Waals surface area contributed by atoms with Crippen LogP contribution < -0.4 is 5.32 Å². The van der Waals surface area contributed by atoms with Crippen molar-refractivity contribution >= 4 is 35.2 Å². The highest BCUT2D eigenvalue weighted by Gasteiger charge is 2.11. The van der Waals surface area contributed by atoms with E-state index < -0.39 is 24.5 Å². The quantitative estimate of drug-likeness (QED) is 0.0897. The molecule has 2 N–H and O–H groups in total. The van der Waals surface area contributed by atoms with Crippen molar-refractivity contribution in [2.45, 2.75) is 96.8 Å². The van der Waals surface area contributed by atoms with E-state index in [4.69, 9.17) is 16.7 Å². The van der Waals surface area contributed by atoms with E-state index in [0.29, 0.717) is 5.56 Å². The SMILES string of the molecule is CCCCCCCCCCCCCCCCNc1ccc(C(=O)OC(=O)CO)cc1.COC(=O)CCl. The van der Waals surface area contributed by atoms with Crippen molar-refractivity contribution in [3.8, 4) is 0 Å². The molecule has 206 valence electrons. The van der Waals surface area contributed by atoms with Gasteiger partial charge >= 0.3 is 17.9 Å². The van der Waals surface area contributed by atoms with Gasteiger partial charge in [-0.25, -0.2) is 9.59 Å². The van der Waals surface area contributed by atoms with Crippen LogP contribution in [0.4, 0.5) is 5.69 Å². The Bertz CT molecular complexity index is 690. The second kappa shape index (κ2) is 24.6. The number of carbonyl (C=O) groups is 3. The molecule has 0 spiro atoms. The van der Waals surface area contributed by atoms with Crippen molar-refractivity contribution in [3.63, 3.8) is 0 Å². The van der Waals surface area contributed by atoms with Gasteiger partial charge in [-0.2, -0.15) is 0 Å². The van der Waals surface area contributed by atoms with E-state index in [1.165, 1.54) is 90.6 Å². The monoisotopic (exact) mass is 527 g/mol. The zero-order valence-electron chi connectivity index (χ0n) is 22.2. The molecule has 0 saturated heterocycles. The van der Waals surface area contributed by atoms with Crippen LogP contribution in [0.3, 0.4) is 0 Å². The lowest BCUT2D eigenvalue weighted by Crippen LogP contribution is -2.15. The molecule has 0 unspecified atom stereocenters. The second-order valence-corrected chi connectivity index (χ2v) is 9.00. The van der Waals surface area contributed by atoms with E-state index in [0.717, 1.165) is 18.7 Å². The molecular formula is C28H46ClNO6. The van der Waals surface area contributed by atoms with Gasteiger partial charge in [-0.3, -0.25) is 4.79 Å². The lowest BCUT2D eigenvalue weighted by Gasteiger charge is -2.07. The zero-order chi connectivity index (χ0) is 26.9. The molecule has 0 amide bonds. The maximum absolute atomic E-state index is 11.7. The van der Waals surface area contributed by atoms with Crippen molar-refractivity contribution in [1.29, 1.82) is 0 Å². The van der Waals surface area contributed by atoms with Gasteiger partial charge < -0.3 is 19.9 Å². The summed E-state index contributed by atoms with van der Waals surface area (Å²) in [7, 11) is 1.30. The lowest BCUT2D eigenvalue weighted by molar-refractivity contribution is -0.141. The number of methoxy groups -OCH3 is 1. The third-order valence-corrected chi connectivity index (χ3v) is 5.87. The van der Waals surface area contributed by atoms with Gasteiger partial charge in [0.1, 0.15) is 12.5 Å². The molecule has 0 radical (unpaired) electrons. The molecule has 0 fully saturated rings. The number of anilines is 1. The van der Waals surface area contributed by atoms with Gasteiger partial charge in [0.2, 0.25) is 0 Å². The normalized spacial score (nSPS) is 10.2. The van der Waals surface area contributed by atoms with Gasteiger partial charge in [0.15, 0.2) is 0 Å². The van der Waals surface area contributed by atoms with Crippen LogP contribution in [0, 0.1) is 0 Å². The van der Waals surface area contributed by atoms with Crippen molar-refractivity contribution in [3.05, 3.63) is 29.8 Å². The third kappa shape index (κ3) is 20.1. The number of hydrogen-bond acceptors (Lipinski definition) is 7. The van der Waals surface area contributed by atoms with Crippen LogP contribution in [0.1, 0.15) is 107 Å². The van der Waals surface area contributed by atoms with Crippen LogP contribution in [0.5, 0.6) is 0 Å². The van der Waals surface area contributed by atoms with Gasteiger partial charge in [0.05, 0.1) is 12.7 Å². The summed E-state index contributed by atoms with van der Waals surface area (Å²) >= 11 is 4.98. The Kier molecular flexibility index (Phi) is 23.1. The molecule has 0 aliphatic carbocycles. The van der Waals surface area contributed by atoms with E-state index >= 15 is 0 Å². The van der Waals surface area contributed by atoms with Crippen LogP contribution >= 0.6 is 11.6 Å². The molecule has 0 heterocycles. The van der Waals surface area contributed by atoms with Gasteiger partial charge in [-0.1, -0.05) is 90.4 Å². The molecular weight excluding hydrogens is 482 g/mol. The molecule has 0 atom stereocenters. The maximum Gasteiger partial charge on any atom is 0.345 e. The summed E-state index contributed by atoms with van der Waals surface area (Å²) in [6.07, 6.45) is 18.9. The average molecular weight is 528 g/mol. The molecule has 0 aliphatic heterocycles. The highest BCUT2D eigenvalue weighted by molar-refractivity contribution is 6.26. The number of esters is 3. The predicted molar refractivity (Wildman–Crippen MR) is 145 cm³/mol. The van der Waals surface area contributed by atoms with Crippen molar-refractivity contribution in [1.82, 2.24) is 0 Å². The van der Waals surface area contributed by atoms with Crippen molar-refractivity contribution in [2.75, 3.05) is 31.5 Å². The number of unbranched alkanes of at least 4 members (excludes halogenated alkanes) is 13. The molecule has 36 heavy (non-hydrogen) atoms. The molecule has 1 rings (SSSR count). The molecule has 7 nitrogen and oxygen atoms in total. The van der Waals surface area contributed by atoms with Crippen LogP contribution in [0.25, 0.3) is 0 Å². The number of hydrogen-bond donors (Lipinski definition) is 2. The molecule has 0 bridgehead atoms. The Morgan fingerprint density at radius 3 is 1.64 bits per heavy atom. The smallest absolute Gasteiger partial charge is 0.345 e. The molecule has 1 aromatic rings. The molecule has 8 heteroatoms. The first-order valence-electron chi connectivity index (χ1n) is 13.3. The van der Waals surface area contributed by atoms with Crippen molar-refractivity contribution < 1.29 is 29.0 Å². The van der Waals surface area contributed by atoms with E-state index in [-0.39, 0.29) is 5.88 Å². The Hall–Kier alpha value is -2.12. The van der Waals surface area contributed by atoms with Gasteiger partial charge in [0, 0.05) is 12.2 Å². The maximum atomic E-state index is 11.7. The minimum atomic E-state index is -0.944. The largest absolute Gasteiger partial charge is 0.468 e. The van der Waals surface area contributed by atoms with Gasteiger partial charge in [-0.05, 0) is 30.7 Å². The van der Waals surface area contributed by atoms with E-state index in [1.807, 2.05) is 0 Å². The summed E-state index contributed by atoms with van der Waals surface area (Å²) < 4.78 is 8.60. The Morgan fingerprint density at radius 2 is 1.25 bits per heavy atom. The number of rotatable bonds is 19. The number of carbonyl (C=O) groups excluding carboxylic acids is 3. The first-order valence-corrected chi connectivity index (χ1v) is 13.8. The highest BCUT2D eigenvalue weighted by Crippen LogP contribution is 2.14. The number of aliphatic hydroxyl groups excluding tert-OH is 1. The molecule has 0 aromatic heterocycles. The summed E-state index contributed by atoms with van der Waals surface area (Å²) in [6, 6.07) is 6.81. The first kappa shape index (κ1) is 33.9. The zero-order valence-corrected chi connectivity index (χ0v) is 23.0. The summed E-state index contributed by atoms with van der Waals surface area (Å²) in [5, 5.41) is 11.9. The Balaban J connectivity index is 0.00000181. The number of alkyl halides is 1. The standard InChI is InChI=1S/C25H41NO4.C3H5ClO2/c1-2-3-4-5-6-7-8-9-10-11-12-13-14-15-20-26-23-18-16-22(17-19-23)25(29)30-24(28)21-27;1-6-3(5)2-4/h16-19,26-27H,2-15,20-21H2,1H3;2H2,1H3. The van der Waals surface area contributed by atoms with Crippen molar-refractivity contribution in [2.24, 2.45) is 0 Å². The minimum absolute atomic E-state index is 0.0590. The number of nitrogens with one attached hydrogen (secondary N) is 1. The van der Waals surface area contributed by atoms with E-state index in [2.05, 4.69) is 21.7 Å². The third-order valence-electron chi connectivity index (χ3n) is 5.65. The van der Waals surface area contributed by atoms with Crippen LogP contribution in [-0.4, -0.2) is 49.2 Å². The number of ether oxygens (including phenoxy) is 2. The van der Waals surface area contributed by atoms with E-state index in [9.17, 15) is 14.4 Å². The fourth-order valence-corrected chi connectivity index (χ4v) is 3.63.